The highest BCUT2D eigenvalue weighted by Gasteiger charge is 2.48. The zero-order valence-electron chi connectivity index (χ0n) is 13.4. The number of nitrogens with one attached hydrogen (secondary N) is 1. The molecule has 0 spiro atoms. The van der Waals surface area contributed by atoms with Crippen molar-refractivity contribution in [1.82, 2.24) is 10.2 Å². The Kier molecular flexibility index (Phi) is 3.46. The maximum Gasteiger partial charge on any atom is 0.261 e. The van der Waals surface area contributed by atoms with E-state index in [0.29, 0.717) is 15.5 Å². The van der Waals surface area contributed by atoms with Gasteiger partial charge in [0.1, 0.15) is 5.82 Å². The van der Waals surface area contributed by atoms with Crippen molar-refractivity contribution in [3.8, 4) is 0 Å². The van der Waals surface area contributed by atoms with Crippen LogP contribution in [0.4, 0.5) is 4.39 Å². The van der Waals surface area contributed by atoms with E-state index in [2.05, 4.69) is 24.1 Å². The average molecular weight is 332 g/mol. The van der Waals surface area contributed by atoms with Crippen molar-refractivity contribution in [2.45, 2.75) is 38.3 Å². The summed E-state index contributed by atoms with van der Waals surface area (Å²) in [6.07, 6.45) is 2.30. The van der Waals surface area contributed by atoms with Crippen LogP contribution in [0, 0.1) is 11.7 Å². The monoisotopic (exact) mass is 332 g/mol. The molecule has 1 unspecified atom stereocenters. The van der Waals surface area contributed by atoms with E-state index < -0.39 is 0 Å². The quantitative estimate of drug-likeness (QED) is 0.910. The highest BCUT2D eigenvalue weighted by atomic mass is 32.1. The number of hydrogen-bond donors (Lipinski definition) is 1. The SMILES string of the molecule is CC1(C)C(NC(=O)c2cc3cccc(F)c3s2)C2CCN1CC2. The lowest BCUT2D eigenvalue weighted by molar-refractivity contribution is -0.0377. The van der Waals surface area contributed by atoms with Gasteiger partial charge in [0.05, 0.1) is 9.58 Å². The lowest BCUT2D eigenvalue weighted by Gasteiger charge is -2.56. The minimum atomic E-state index is -0.255. The number of carbonyl (C=O) groups excluding carboxylic acids is 1. The second kappa shape index (κ2) is 5.28. The van der Waals surface area contributed by atoms with Crippen LogP contribution in [0.25, 0.3) is 10.1 Å². The van der Waals surface area contributed by atoms with Crippen molar-refractivity contribution in [1.29, 1.82) is 0 Å². The largest absolute Gasteiger partial charge is 0.346 e. The maximum atomic E-state index is 13.8. The molecular weight excluding hydrogens is 311 g/mol. The number of amides is 1. The Morgan fingerprint density at radius 1 is 1.35 bits per heavy atom. The molecule has 1 N–H and O–H groups in total. The fourth-order valence-electron chi connectivity index (χ4n) is 4.23. The Hall–Kier alpha value is -1.46. The summed E-state index contributed by atoms with van der Waals surface area (Å²) < 4.78 is 14.4. The van der Waals surface area contributed by atoms with E-state index in [1.54, 1.807) is 12.1 Å². The summed E-state index contributed by atoms with van der Waals surface area (Å²) in [6.45, 7) is 6.68. The fourth-order valence-corrected chi connectivity index (χ4v) is 5.20. The standard InChI is InChI=1S/C18H21FN2OS/c1-18(2)16(11-6-8-21(18)9-7-11)20-17(22)14-10-12-4-3-5-13(19)15(12)23-14/h3-5,10-11,16H,6-9H2,1-2H3,(H,20,22). The zero-order valence-corrected chi connectivity index (χ0v) is 14.3. The van der Waals surface area contributed by atoms with Gasteiger partial charge in [-0.15, -0.1) is 11.3 Å². The van der Waals surface area contributed by atoms with Gasteiger partial charge < -0.3 is 5.32 Å². The van der Waals surface area contributed by atoms with Gasteiger partial charge in [0.2, 0.25) is 0 Å². The third kappa shape index (κ3) is 2.37. The fraction of sp³-hybridized carbons (Fsp3) is 0.500. The molecule has 1 amide bonds. The molecule has 1 aromatic heterocycles. The topological polar surface area (TPSA) is 32.3 Å². The number of carbonyl (C=O) groups is 1. The van der Waals surface area contributed by atoms with Crippen LogP contribution >= 0.6 is 11.3 Å². The third-order valence-corrected chi connectivity index (χ3v) is 6.75. The van der Waals surface area contributed by atoms with E-state index in [1.807, 2.05) is 6.07 Å². The summed E-state index contributed by atoms with van der Waals surface area (Å²) in [5.41, 5.74) is -0.0151. The molecule has 0 aliphatic carbocycles. The van der Waals surface area contributed by atoms with Crippen LogP contribution in [0.2, 0.25) is 0 Å². The molecule has 3 aliphatic heterocycles. The first-order valence-electron chi connectivity index (χ1n) is 8.21. The van der Waals surface area contributed by atoms with Crippen molar-refractivity contribution in [3.05, 3.63) is 35.0 Å². The molecule has 1 aromatic carbocycles. The van der Waals surface area contributed by atoms with Gasteiger partial charge in [0.25, 0.3) is 5.91 Å². The minimum Gasteiger partial charge on any atom is -0.346 e. The van der Waals surface area contributed by atoms with Crippen molar-refractivity contribution >= 4 is 27.3 Å². The Morgan fingerprint density at radius 2 is 2.09 bits per heavy atom. The van der Waals surface area contributed by atoms with E-state index >= 15 is 0 Å². The van der Waals surface area contributed by atoms with Gasteiger partial charge in [-0.25, -0.2) is 4.39 Å². The number of rotatable bonds is 2. The lowest BCUT2D eigenvalue weighted by Crippen LogP contribution is -2.69. The summed E-state index contributed by atoms with van der Waals surface area (Å²) in [4.78, 5) is 15.8. The number of fused-ring (bicyclic) bond motifs is 4. The second-order valence-electron chi connectivity index (χ2n) is 7.20. The number of thiophene rings is 1. The summed E-state index contributed by atoms with van der Waals surface area (Å²) >= 11 is 1.24. The highest BCUT2D eigenvalue weighted by molar-refractivity contribution is 7.20. The smallest absolute Gasteiger partial charge is 0.261 e. The highest BCUT2D eigenvalue weighted by Crippen LogP contribution is 2.39. The Balaban J connectivity index is 1.60. The summed E-state index contributed by atoms with van der Waals surface area (Å²) in [5, 5.41) is 4.04. The summed E-state index contributed by atoms with van der Waals surface area (Å²) in [5.74, 6) is 0.220. The molecule has 0 radical (unpaired) electrons. The molecule has 3 aliphatic rings. The number of nitrogens with zero attached hydrogens (tertiary/aromatic N) is 1. The predicted octanol–water partition coefficient (Wildman–Crippen LogP) is 3.64. The third-order valence-electron chi connectivity index (χ3n) is 5.59. The first-order chi connectivity index (χ1) is 11.0. The molecule has 122 valence electrons. The van der Waals surface area contributed by atoms with E-state index in [9.17, 15) is 9.18 Å². The average Bonchev–Trinajstić information content (AvgIpc) is 2.97. The van der Waals surface area contributed by atoms with Crippen LogP contribution < -0.4 is 5.32 Å². The van der Waals surface area contributed by atoms with E-state index in [1.165, 1.54) is 17.4 Å². The molecule has 23 heavy (non-hydrogen) atoms. The zero-order chi connectivity index (χ0) is 16.2. The van der Waals surface area contributed by atoms with Gasteiger partial charge in [-0.2, -0.15) is 0 Å². The van der Waals surface area contributed by atoms with Gasteiger partial charge in [0.15, 0.2) is 0 Å². The van der Waals surface area contributed by atoms with Crippen molar-refractivity contribution < 1.29 is 9.18 Å². The molecule has 4 heterocycles. The van der Waals surface area contributed by atoms with Gasteiger partial charge in [0, 0.05) is 11.6 Å². The lowest BCUT2D eigenvalue weighted by atomic mass is 9.72. The van der Waals surface area contributed by atoms with Gasteiger partial charge in [-0.3, -0.25) is 9.69 Å². The molecule has 2 aromatic rings. The Morgan fingerprint density at radius 3 is 2.74 bits per heavy atom. The van der Waals surface area contributed by atoms with Crippen molar-refractivity contribution in [2.75, 3.05) is 13.1 Å². The van der Waals surface area contributed by atoms with E-state index in [4.69, 9.17) is 0 Å². The number of piperidine rings is 3. The maximum absolute atomic E-state index is 13.8. The van der Waals surface area contributed by atoms with Crippen molar-refractivity contribution in [2.24, 2.45) is 5.92 Å². The molecule has 5 heteroatoms. The molecule has 1 atom stereocenters. The summed E-state index contributed by atoms with van der Waals surface area (Å²) in [6, 6.07) is 6.93. The molecule has 2 bridgehead atoms. The Bertz CT molecular complexity index is 761. The van der Waals surface area contributed by atoms with E-state index in [-0.39, 0.29) is 23.3 Å². The second-order valence-corrected chi connectivity index (χ2v) is 8.25. The van der Waals surface area contributed by atoms with Crippen LogP contribution in [0.1, 0.15) is 36.4 Å². The molecule has 3 nitrogen and oxygen atoms in total. The first-order valence-corrected chi connectivity index (χ1v) is 9.02. The van der Waals surface area contributed by atoms with Gasteiger partial charge in [-0.1, -0.05) is 12.1 Å². The first kappa shape index (κ1) is 15.1. The molecule has 5 rings (SSSR count). The minimum absolute atomic E-state index is 0.0151. The van der Waals surface area contributed by atoms with Crippen LogP contribution in [0.5, 0.6) is 0 Å². The normalized spacial score (nSPS) is 28.9. The summed E-state index contributed by atoms with van der Waals surface area (Å²) in [7, 11) is 0. The van der Waals surface area contributed by atoms with Crippen LogP contribution in [-0.2, 0) is 0 Å². The van der Waals surface area contributed by atoms with Crippen LogP contribution in [0.3, 0.4) is 0 Å². The Labute approximate surface area is 139 Å². The van der Waals surface area contributed by atoms with Gasteiger partial charge in [-0.05, 0) is 63.2 Å². The molecule has 3 saturated heterocycles. The predicted molar refractivity (Wildman–Crippen MR) is 91.4 cm³/mol. The van der Waals surface area contributed by atoms with Crippen molar-refractivity contribution in [3.63, 3.8) is 0 Å². The number of halogens is 1. The van der Waals surface area contributed by atoms with Crippen LogP contribution in [0.15, 0.2) is 24.3 Å². The van der Waals surface area contributed by atoms with E-state index in [0.717, 1.165) is 31.3 Å². The molecule has 3 fully saturated rings. The van der Waals surface area contributed by atoms with Crippen LogP contribution in [-0.4, -0.2) is 35.5 Å². The van der Waals surface area contributed by atoms with Gasteiger partial charge >= 0.3 is 0 Å². The number of benzene rings is 1. The molecular formula is C18H21FN2OS. The molecule has 0 saturated carbocycles. The number of hydrogen-bond acceptors (Lipinski definition) is 3.